The molecule has 0 aromatic heterocycles. The van der Waals surface area contributed by atoms with Crippen LogP contribution in [0.3, 0.4) is 0 Å². The van der Waals surface area contributed by atoms with Crippen molar-refractivity contribution in [1.29, 1.82) is 5.26 Å². The molecule has 1 N–H and O–H groups in total. The number of morpholine rings is 1. The lowest BCUT2D eigenvalue weighted by Crippen LogP contribution is -2.40. The number of nitrogens with zero attached hydrogens (tertiary/aromatic N) is 2. The van der Waals surface area contributed by atoms with Gasteiger partial charge in [-0.05, 0) is 48.5 Å². The summed E-state index contributed by atoms with van der Waals surface area (Å²) in [5, 5.41) is 12.2. The molecular formula is C24H21N3O4S2. The van der Waals surface area contributed by atoms with Crippen molar-refractivity contribution in [2.45, 2.75) is 14.7 Å². The number of carbonyl (C=O) groups is 1. The summed E-state index contributed by atoms with van der Waals surface area (Å²) in [5.41, 5.74) is 1.48. The molecule has 1 aliphatic rings. The molecule has 1 heterocycles. The lowest BCUT2D eigenvalue weighted by atomic mass is 10.2. The topological polar surface area (TPSA) is 99.5 Å². The highest BCUT2D eigenvalue weighted by molar-refractivity contribution is 7.99. The maximum atomic E-state index is 13.0. The fraction of sp³-hybridized carbons (Fsp3) is 0.167. The average molecular weight is 480 g/mol. The van der Waals surface area contributed by atoms with Gasteiger partial charge in [-0.1, -0.05) is 36.0 Å². The Morgan fingerprint density at radius 2 is 1.58 bits per heavy atom. The number of anilines is 1. The lowest BCUT2D eigenvalue weighted by Gasteiger charge is -2.26. The largest absolute Gasteiger partial charge is 0.379 e. The summed E-state index contributed by atoms with van der Waals surface area (Å²) in [7, 11) is -3.60. The molecule has 7 nitrogen and oxygen atoms in total. The van der Waals surface area contributed by atoms with Crippen molar-refractivity contribution in [3.05, 3.63) is 83.9 Å². The van der Waals surface area contributed by atoms with Gasteiger partial charge in [-0.2, -0.15) is 9.57 Å². The van der Waals surface area contributed by atoms with E-state index in [1.165, 1.54) is 28.2 Å². The molecule has 0 radical (unpaired) electrons. The molecule has 1 amide bonds. The maximum absolute atomic E-state index is 13.0. The molecule has 0 atom stereocenters. The summed E-state index contributed by atoms with van der Waals surface area (Å²) in [6.07, 6.45) is 0. The Kier molecular flexibility index (Phi) is 7.11. The van der Waals surface area contributed by atoms with E-state index in [1.807, 2.05) is 24.3 Å². The van der Waals surface area contributed by atoms with Crippen LogP contribution in [0.25, 0.3) is 0 Å². The minimum atomic E-state index is -3.60. The van der Waals surface area contributed by atoms with E-state index in [2.05, 4.69) is 11.4 Å². The van der Waals surface area contributed by atoms with Crippen molar-refractivity contribution < 1.29 is 17.9 Å². The van der Waals surface area contributed by atoms with Crippen molar-refractivity contribution in [3.8, 4) is 6.07 Å². The van der Waals surface area contributed by atoms with Gasteiger partial charge in [0.25, 0.3) is 5.91 Å². The summed E-state index contributed by atoms with van der Waals surface area (Å²) in [4.78, 5) is 14.6. The molecule has 3 aromatic rings. The van der Waals surface area contributed by atoms with Crippen LogP contribution >= 0.6 is 11.8 Å². The van der Waals surface area contributed by atoms with Crippen molar-refractivity contribution in [3.63, 3.8) is 0 Å². The third-order valence-electron chi connectivity index (χ3n) is 5.08. The highest BCUT2D eigenvalue weighted by atomic mass is 32.2. The Hall–Kier alpha value is -3.16. The van der Waals surface area contributed by atoms with Gasteiger partial charge in [0.1, 0.15) is 6.07 Å². The molecule has 1 fully saturated rings. The Balaban J connectivity index is 1.51. The average Bonchev–Trinajstić information content (AvgIpc) is 2.85. The van der Waals surface area contributed by atoms with Crippen LogP contribution in [0.1, 0.15) is 15.9 Å². The van der Waals surface area contributed by atoms with E-state index in [0.717, 1.165) is 4.90 Å². The second-order valence-corrected chi connectivity index (χ2v) is 10.2. The zero-order valence-corrected chi connectivity index (χ0v) is 19.2. The van der Waals surface area contributed by atoms with Crippen molar-refractivity contribution in [2.24, 2.45) is 0 Å². The predicted octanol–water partition coefficient (Wildman–Crippen LogP) is 3.98. The molecule has 4 rings (SSSR count). The number of rotatable bonds is 6. The zero-order chi connectivity index (χ0) is 23.3. The summed E-state index contributed by atoms with van der Waals surface area (Å²) < 4.78 is 32.2. The van der Waals surface area contributed by atoms with Gasteiger partial charge in [-0.25, -0.2) is 8.42 Å². The summed E-state index contributed by atoms with van der Waals surface area (Å²) in [5.74, 6) is -0.323. The van der Waals surface area contributed by atoms with Gasteiger partial charge in [0.05, 0.1) is 29.2 Å². The standard InChI is InChI=1S/C24H21N3O4S2/c25-17-18-5-1-3-7-22(18)32-23-8-4-2-6-21(23)24(28)26-19-9-11-20(12-10-19)33(29,30)27-13-15-31-16-14-27/h1-12H,13-16H2,(H,26,28). The summed E-state index contributed by atoms with van der Waals surface area (Å²) in [6.45, 7) is 1.40. The molecule has 3 aromatic carbocycles. The van der Waals surface area contributed by atoms with Gasteiger partial charge >= 0.3 is 0 Å². The highest BCUT2D eigenvalue weighted by Crippen LogP contribution is 2.33. The minimum absolute atomic E-state index is 0.173. The number of hydrogen-bond donors (Lipinski definition) is 1. The number of benzene rings is 3. The Bertz CT molecular complexity index is 1300. The lowest BCUT2D eigenvalue weighted by molar-refractivity contribution is 0.0730. The van der Waals surface area contributed by atoms with Gasteiger partial charge in [-0.15, -0.1) is 0 Å². The fourth-order valence-corrected chi connectivity index (χ4v) is 5.79. The van der Waals surface area contributed by atoms with E-state index in [1.54, 1.807) is 36.4 Å². The summed E-state index contributed by atoms with van der Waals surface area (Å²) >= 11 is 1.35. The first-order valence-corrected chi connectivity index (χ1v) is 12.5. The first kappa shape index (κ1) is 23.0. The summed E-state index contributed by atoms with van der Waals surface area (Å²) in [6, 6.07) is 22.7. The SMILES string of the molecule is N#Cc1ccccc1Sc1ccccc1C(=O)Nc1ccc(S(=O)(=O)N2CCOCC2)cc1. The first-order chi connectivity index (χ1) is 16.0. The van der Waals surface area contributed by atoms with Crippen LogP contribution in [-0.2, 0) is 14.8 Å². The number of sulfonamides is 1. The highest BCUT2D eigenvalue weighted by Gasteiger charge is 2.26. The van der Waals surface area contributed by atoms with E-state index >= 15 is 0 Å². The molecule has 0 unspecified atom stereocenters. The van der Waals surface area contributed by atoms with Crippen molar-refractivity contribution in [1.82, 2.24) is 4.31 Å². The van der Waals surface area contributed by atoms with Gasteiger partial charge in [0, 0.05) is 28.6 Å². The maximum Gasteiger partial charge on any atom is 0.256 e. The van der Waals surface area contributed by atoms with Crippen LogP contribution < -0.4 is 5.32 Å². The van der Waals surface area contributed by atoms with Gasteiger partial charge in [-0.3, -0.25) is 4.79 Å². The second-order valence-electron chi connectivity index (χ2n) is 7.20. The van der Waals surface area contributed by atoms with Gasteiger partial charge in [0.2, 0.25) is 10.0 Å². The van der Waals surface area contributed by atoms with E-state index in [9.17, 15) is 18.5 Å². The van der Waals surface area contributed by atoms with Crippen LogP contribution in [0, 0.1) is 11.3 Å². The quantitative estimate of drug-likeness (QED) is 0.574. The Labute approximate surface area is 197 Å². The van der Waals surface area contributed by atoms with E-state index in [-0.39, 0.29) is 10.8 Å². The van der Waals surface area contributed by atoms with Crippen LogP contribution in [0.15, 0.2) is 87.5 Å². The molecule has 1 saturated heterocycles. The molecule has 168 valence electrons. The number of hydrogen-bond acceptors (Lipinski definition) is 6. The molecular weight excluding hydrogens is 458 g/mol. The van der Waals surface area contributed by atoms with Gasteiger partial charge < -0.3 is 10.1 Å². The Morgan fingerprint density at radius 3 is 2.27 bits per heavy atom. The van der Waals surface area contributed by atoms with E-state index < -0.39 is 10.0 Å². The molecule has 1 aliphatic heterocycles. The smallest absolute Gasteiger partial charge is 0.256 e. The molecule has 0 saturated carbocycles. The van der Waals surface area contributed by atoms with E-state index in [0.29, 0.717) is 48.0 Å². The van der Waals surface area contributed by atoms with Crippen molar-refractivity contribution >= 4 is 33.4 Å². The minimum Gasteiger partial charge on any atom is -0.379 e. The van der Waals surface area contributed by atoms with Crippen LogP contribution in [0.4, 0.5) is 5.69 Å². The monoisotopic (exact) mass is 479 g/mol. The number of nitrogens with one attached hydrogen (secondary N) is 1. The molecule has 33 heavy (non-hydrogen) atoms. The Morgan fingerprint density at radius 1 is 0.939 bits per heavy atom. The third kappa shape index (κ3) is 5.26. The first-order valence-electron chi connectivity index (χ1n) is 10.2. The van der Waals surface area contributed by atoms with Crippen LogP contribution in [0.5, 0.6) is 0 Å². The number of carbonyl (C=O) groups excluding carboxylic acids is 1. The molecule has 0 spiro atoms. The van der Waals surface area contributed by atoms with Crippen LogP contribution in [-0.4, -0.2) is 44.9 Å². The fourth-order valence-electron chi connectivity index (χ4n) is 3.35. The normalized spacial score (nSPS) is 14.4. The third-order valence-corrected chi connectivity index (χ3v) is 8.14. The van der Waals surface area contributed by atoms with Gasteiger partial charge in [0.15, 0.2) is 0 Å². The van der Waals surface area contributed by atoms with E-state index in [4.69, 9.17) is 4.74 Å². The number of amides is 1. The second kappa shape index (κ2) is 10.2. The van der Waals surface area contributed by atoms with Crippen LogP contribution in [0.2, 0.25) is 0 Å². The predicted molar refractivity (Wildman–Crippen MR) is 126 cm³/mol. The molecule has 0 aliphatic carbocycles. The van der Waals surface area contributed by atoms with Crippen molar-refractivity contribution in [2.75, 3.05) is 31.6 Å². The molecule has 9 heteroatoms. The molecule has 0 bridgehead atoms. The number of nitriles is 1. The zero-order valence-electron chi connectivity index (χ0n) is 17.6. The number of ether oxygens (including phenoxy) is 1.